The number of hydrogen-bond acceptors (Lipinski definition) is 1. The lowest BCUT2D eigenvalue weighted by molar-refractivity contribution is 0.149. The number of rotatable bonds is 1. The highest BCUT2D eigenvalue weighted by molar-refractivity contribution is 5.05. The van der Waals surface area contributed by atoms with Crippen LogP contribution in [0.15, 0.2) is 0 Å². The molecule has 0 amide bonds. The van der Waals surface area contributed by atoms with Crippen LogP contribution in [-0.2, 0) is 0 Å². The van der Waals surface area contributed by atoms with Gasteiger partial charge in [0, 0.05) is 6.04 Å². The summed E-state index contributed by atoms with van der Waals surface area (Å²) in [5.74, 6) is 1.82. The first-order valence-electron chi connectivity index (χ1n) is 4.94. The lowest BCUT2D eigenvalue weighted by Crippen LogP contribution is -2.43. The number of hydrogen-bond donors (Lipinski definition) is 1. The van der Waals surface area contributed by atoms with Gasteiger partial charge in [0.15, 0.2) is 0 Å². The zero-order valence-electron chi connectivity index (χ0n) is 7.64. The van der Waals surface area contributed by atoms with E-state index < -0.39 is 0 Å². The SMILES string of the molecule is CC[C@@]1(C)[C@@H]2CC[C@@H](C2)[C@@H]1N. The van der Waals surface area contributed by atoms with Gasteiger partial charge in [0.05, 0.1) is 0 Å². The molecular formula is C10H19N. The van der Waals surface area contributed by atoms with Crippen molar-refractivity contribution in [2.24, 2.45) is 23.0 Å². The minimum absolute atomic E-state index is 0.489. The van der Waals surface area contributed by atoms with Gasteiger partial charge in [-0.1, -0.05) is 13.8 Å². The molecule has 0 saturated heterocycles. The first-order chi connectivity index (χ1) is 5.18. The molecule has 2 aliphatic rings. The molecule has 0 aromatic carbocycles. The summed E-state index contributed by atoms with van der Waals surface area (Å²) in [6.07, 6.45) is 5.55. The predicted octanol–water partition coefficient (Wildman–Crippen LogP) is 2.16. The van der Waals surface area contributed by atoms with E-state index in [1.165, 1.54) is 25.7 Å². The summed E-state index contributed by atoms with van der Waals surface area (Å²) in [7, 11) is 0. The van der Waals surface area contributed by atoms with Crippen molar-refractivity contribution in [2.75, 3.05) is 0 Å². The molecule has 0 aromatic rings. The first kappa shape index (κ1) is 7.60. The van der Waals surface area contributed by atoms with E-state index in [0.29, 0.717) is 11.5 Å². The Morgan fingerprint density at radius 1 is 1.45 bits per heavy atom. The molecule has 2 N–H and O–H groups in total. The normalized spacial score (nSPS) is 55.4. The minimum Gasteiger partial charge on any atom is -0.327 e. The molecule has 0 spiro atoms. The van der Waals surface area contributed by atoms with Crippen LogP contribution in [-0.4, -0.2) is 6.04 Å². The third-order valence-corrected chi connectivity index (χ3v) is 4.44. The molecule has 0 aliphatic heterocycles. The van der Waals surface area contributed by atoms with E-state index in [0.717, 1.165) is 11.8 Å². The van der Waals surface area contributed by atoms with Gasteiger partial charge in [-0.3, -0.25) is 0 Å². The molecule has 2 saturated carbocycles. The topological polar surface area (TPSA) is 26.0 Å². The van der Waals surface area contributed by atoms with Gasteiger partial charge in [-0.25, -0.2) is 0 Å². The van der Waals surface area contributed by atoms with Gasteiger partial charge in [0.2, 0.25) is 0 Å². The molecule has 11 heavy (non-hydrogen) atoms. The van der Waals surface area contributed by atoms with Crippen LogP contribution in [0.1, 0.15) is 39.5 Å². The van der Waals surface area contributed by atoms with Crippen molar-refractivity contribution in [2.45, 2.75) is 45.6 Å². The van der Waals surface area contributed by atoms with Crippen molar-refractivity contribution in [3.63, 3.8) is 0 Å². The molecule has 0 aromatic heterocycles. The van der Waals surface area contributed by atoms with Crippen molar-refractivity contribution in [1.82, 2.24) is 0 Å². The fraction of sp³-hybridized carbons (Fsp3) is 1.00. The minimum atomic E-state index is 0.489. The molecule has 0 radical (unpaired) electrons. The molecule has 0 heterocycles. The van der Waals surface area contributed by atoms with E-state index in [9.17, 15) is 0 Å². The summed E-state index contributed by atoms with van der Waals surface area (Å²) in [5, 5.41) is 0. The maximum absolute atomic E-state index is 6.21. The lowest BCUT2D eigenvalue weighted by atomic mass is 9.70. The fourth-order valence-electron chi connectivity index (χ4n) is 3.28. The molecule has 0 unspecified atom stereocenters. The van der Waals surface area contributed by atoms with E-state index in [2.05, 4.69) is 13.8 Å². The maximum atomic E-state index is 6.21. The van der Waals surface area contributed by atoms with Crippen LogP contribution in [0.3, 0.4) is 0 Å². The summed E-state index contributed by atoms with van der Waals surface area (Å²) < 4.78 is 0. The highest BCUT2D eigenvalue weighted by Crippen LogP contribution is 2.56. The molecule has 1 nitrogen and oxygen atoms in total. The van der Waals surface area contributed by atoms with Crippen LogP contribution in [0.25, 0.3) is 0 Å². The molecule has 2 aliphatic carbocycles. The van der Waals surface area contributed by atoms with Crippen LogP contribution < -0.4 is 5.73 Å². The van der Waals surface area contributed by atoms with Crippen molar-refractivity contribution in [1.29, 1.82) is 0 Å². The lowest BCUT2D eigenvalue weighted by Gasteiger charge is -2.38. The van der Waals surface area contributed by atoms with E-state index in [1.807, 2.05) is 0 Å². The van der Waals surface area contributed by atoms with Crippen LogP contribution in [0, 0.1) is 17.3 Å². The summed E-state index contributed by atoms with van der Waals surface area (Å²) in [6, 6.07) is 0.506. The van der Waals surface area contributed by atoms with E-state index >= 15 is 0 Å². The van der Waals surface area contributed by atoms with E-state index in [4.69, 9.17) is 5.73 Å². The monoisotopic (exact) mass is 153 g/mol. The molecule has 1 heteroatoms. The van der Waals surface area contributed by atoms with Crippen LogP contribution >= 0.6 is 0 Å². The molecular weight excluding hydrogens is 134 g/mol. The van der Waals surface area contributed by atoms with Crippen LogP contribution in [0.5, 0.6) is 0 Å². The molecule has 64 valence electrons. The Kier molecular flexibility index (Phi) is 1.54. The second-order valence-corrected chi connectivity index (χ2v) is 4.66. The van der Waals surface area contributed by atoms with Crippen molar-refractivity contribution < 1.29 is 0 Å². The molecule has 2 fully saturated rings. The highest BCUT2D eigenvalue weighted by atomic mass is 14.8. The van der Waals surface area contributed by atoms with Crippen molar-refractivity contribution in [3.05, 3.63) is 0 Å². The van der Waals surface area contributed by atoms with Gasteiger partial charge in [0.25, 0.3) is 0 Å². The first-order valence-corrected chi connectivity index (χ1v) is 4.94. The summed E-state index contributed by atoms with van der Waals surface area (Å²) >= 11 is 0. The Hall–Kier alpha value is -0.0400. The van der Waals surface area contributed by atoms with Gasteiger partial charge in [-0.2, -0.15) is 0 Å². The maximum Gasteiger partial charge on any atom is 0.0124 e. The average molecular weight is 153 g/mol. The smallest absolute Gasteiger partial charge is 0.0124 e. The Morgan fingerprint density at radius 3 is 2.55 bits per heavy atom. The molecule has 2 bridgehead atoms. The third kappa shape index (κ3) is 0.807. The quantitative estimate of drug-likeness (QED) is 0.614. The number of fused-ring (bicyclic) bond motifs is 2. The summed E-state index contributed by atoms with van der Waals surface area (Å²) in [4.78, 5) is 0. The largest absolute Gasteiger partial charge is 0.327 e. The third-order valence-electron chi connectivity index (χ3n) is 4.44. The fourth-order valence-corrected chi connectivity index (χ4v) is 3.28. The second kappa shape index (κ2) is 2.22. The molecule has 4 atom stereocenters. The van der Waals surface area contributed by atoms with E-state index in [-0.39, 0.29) is 0 Å². The van der Waals surface area contributed by atoms with Crippen LogP contribution in [0.2, 0.25) is 0 Å². The average Bonchev–Trinajstić information content (AvgIpc) is 2.56. The Morgan fingerprint density at radius 2 is 2.18 bits per heavy atom. The summed E-state index contributed by atoms with van der Waals surface area (Å²) in [5.41, 5.74) is 6.70. The highest BCUT2D eigenvalue weighted by Gasteiger charge is 2.52. The number of nitrogens with two attached hydrogens (primary N) is 1. The Labute approximate surface area is 69.4 Å². The van der Waals surface area contributed by atoms with Gasteiger partial charge in [-0.05, 0) is 42.9 Å². The Bertz CT molecular complexity index is 162. The zero-order chi connectivity index (χ0) is 8.06. The zero-order valence-corrected chi connectivity index (χ0v) is 7.64. The van der Waals surface area contributed by atoms with Crippen molar-refractivity contribution in [3.8, 4) is 0 Å². The van der Waals surface area contributed by atoms with Gasteiger partial charge in [-0.15, -0.1) is 0 Å². The van der Waals surface area contributed by atoms with Gasteiger partial charge in [0.1, 0.15) is 0 Å². The van der Waals surface area contributed by atoms with E-state index in [1.54, 1.807) is 0 Å². The van der Waals surface area contributed by atoms with Gasteiger partial charge < -0.3 is 5.73 Å². The standard InChI is InChI=1S/C10H19N/c1-3-10(2)8-5-4-7(6-8)9(10)11/h7-9H,3-6,11H2,1-2H3/t7-,8+,9-,10-/m0/s1. The van der Waals surface area contributed by atoms with Gasteiger partial charge >= 0.3 is 0 Å². The predicted molar refractivity (Wildman–Crippen MR) is 47.2 cm³/mol. The van der Waals surface area contributed by atoms with Crippen molar-refractivity contribution >= 4 is 0 Å². The molecule has 2 rings (SSSR count). The van der Waals surface area contributed by atoms with Crippen LogP contribution in [0.4, 0.5) is 0 Å². The Balaban J connectivity index is 2.23. The summed E-state index contributed by atoms with van der Waals surface area (Å²) in [6.45, 7) is 4.68. The second-order valence-electron chi connectivity index (χ2n) is 4.66.